The highest BCUT2D eigenvalue weighted by atomic mass is 32.2. The fraction of sp³-hybridized carbons (Fsp3) is 0.597. The number of esters is 1. The number of aliphatic imine (C=N–C) groups is 2. The second-order valence-electron chi connectivity index (χ2n) is 21.2. The van der Waals surface area contributed by atoms with Crippen LogP contribution in [0.5, 0.6) is 0 Å². The molecule has 0 aliphatic carbocycles. The van der Waals surface area contributed by atoms with Gasteiger partial charge in [-0.25, -0.2) is 13.4 Å². The zero-order valence-electron chi connectivity index (χ0n) is 51.2. The lowest BCUT2D eigenvalue weighted by atomic mass is 10.0. The number of ether oxygens (including phenoxy) is 11. The molecule has 482 valence electrons. The molecule has 1 fully saturated rings. The number of aliphatic hydroxyl groups is 1. The van der Waals surface area contributed by atoms with Gasteiger partial charge in [-0.05, 0) is 87.2 Å². The Bertz CT molecular complexity index is 2750. The predicted octanol–water partition coefficient (Wildman–Crippen LogP) is 5.20. The van der Waals surface area contributed by atoms with Crippen LogP contribution in [0.25, 0.3) is 17.2 Å². The first-order valence-corrected chi connectivity index (χ1v) is 31.4. The topological polar surface area (TPSA) is 295 Å². The molecule has 25 heteroatoms. The summed E-state index contributed by atoms with van der Waals surface area (Å²) < 4.78 is 88.7. The first kappa shape index (κ1) is 71.8. The fourth-order valence-electron chi connectivity index (χ4n) is 8.59. The number of fused-ring (bicyclic) bond motifs is 1. The third-order valence-electron chi connectivity index (χ3n) is 12.9. The normalized spacial score (nSPS) is 13.9. The van der Waals surface area contributed by atoms with Crippen molar-refractivity contribution in [3.8, 4) is 17.2 Å². The van der Waals surface area contributed by atoms with Crippen molar-refractivity contribution in [2.75, 3.05) is 183 Å². The Morgan fingerprint density at radius 3 is 1.82 bits per heavy atom. The Kier molecular flexibility index (Phi) is 34.1. The van der Waals surface area contributed by atoms with Crippen LogP contribution in [0.4, 0.5) is 11.4 Å². The molecular weight excluding hydrogens is 1140 g/mol. The Balaban J connectivity index is 0.882. The summed E-state index contributed by atoms with van der Waals surface area (Å²) >= 11 is 0. The maximum Gasteiger partial charge on any atom is 0.308 e. The summed E-state index contributed by atoms with van der Waals surface area (Å²) in [7, 11) is -3.71. The van der Waals surface area contributed by atoms with Gasteiger partial charge in [0.1, 0.15) is 11.4 Å². The van der Waals surface area contributed by atoms with Crippen LogP contribution in [-0.2, 0) is 71.7 Å². The molecule has 0 radical (unpaired) electrons. The number of carbonyl (C=O) groups is 2. The van der Waals surface area contributed by atoms with Crippen LogP contribution in [-0.4, -0.2) is 230 Å². The van der Waals surface area contributed by atoms with Gasteiger partial charge in [-0.2, -0.15) is 9.57 Å². The van der Waals surface area contributed by atoms with Crippen LogP contribution >= 0.6 is 0 Å². The summed E-state index contributed by atoms with van der Waals surface area (Å²) in [4.78, 5) is 37.2. The number of hydrogen-bond acceptors (Lipinski definition) is 20. The van der Waals surface area contributed by atoms with Gasteiger partial charge in [-0.3, -0.25) is 14.6 Å². The summed E-state index contributed by atoms with van der Waals surface area (Å²) in [6.07, 6.45) is 3.56. The summed E-state index contributed by atoms with van der Waals surface area (Å²) in [5.41, 5.74) is 10.4. The molecule has 3 aromatic rings. The van der Waals surface area contributed by atoms with E-state index in [1.54, 1.807) is 36.4 Å². The number of nitrogens with two attached hydrogens (primary N) is 1. The number of carbonyl (C=O) groups excluding carboxylic acids is 2. The minimum atomic E-state index is -3.71. The minimum absolute atomic E-state index is 0.0489. The van der Waals surface area contributed by atoms with E-state index in [-0.39, 0.29) is 61.1 Å². The van der Waals surface area contributed by atoms with Gasteiger partial charge in [0, 0.05) is 68.5 Å². The zero-order chi connectivity index (χ0) is 62.4. The number of hydrogen-bond donors (Lipinski definition) is 4. The molecule has 5 N–H and O–H groups in total. The van der Waals surface area contributed by atoms with Crippen molar-refractivity contribution in [2.24, 2.45) is 21.6 Å². The van der Waals surface area contributed by atoms with Crippen LogP contribution < -0.4 is 16.4 Å². The van der Waals surface area contributed by atoms with Gasteiger partial charge < -0.3 is 78.5 Å². The van der Waals surface area contributed by atoms with Crippen molar-refractivity contribution < 1.29 is 75.2 Å². The molecule has 0 atom stereocenters. The second-order valence-corrected chi connectivity index (χ2v) is 23.1. The lowest BCUT2D eigenvalue weighted by Gasteiger charge is -2.36. The molecule has 0 spiro atoms. The monoisotopic (exact) mass is 1240 g/mol. The van der Waals surface area contributed by atoms with Gasteiger partial charge in [0.2, 0.25) is 15.9 Å². The average molecular weight is 1240 g/mol. The first-order valence-electron chi connectivity index (χ1n) is 29.9. The van der Waals surface area contributed by atoms with Gasteiger partial charge in [0.25, 0.3) is 0 Å². The SMILES string of the molecule is CCCN(CCCN/C(=N/CCOCCOCCOCCOCCOCCOCCOCCOCCOCCOCCC(=O)OC(C)(C)C)Nc1cccc(C#N)c1)C(=O)C1=Cc2ccc(-c3cccc(S(=O)(=O)N4CC(CO)C4)c3)cc2N=C(N)C1. The number of aliphatic hydroxyl groups excluding tert-OH is 1. The van der Waals surface area contributed by atoms with E-state index in [1.807, 2.05) is 69.0 Å². The van der Waals surface area contributed by atoms with E-state index in [1.165, 1.54) is 4.31 Å². The summed E-state index contributed by atoms with van der Waals surface area (Å²) in [6, 6.07) is 21.6. The molecule has 2 aliphatic rings. The van der Waals surface area contributed by atoms with E-state index in [4.69, 9.17) is 62.8 Å². The van der Waals surface area contributed by atoms with Crippen LogP contribution in [0.2, 0.25) is 0 Å². The summed E-state index contributed by atoms with van der Waals surface area (Å²) in [5, 5.41) is 25.5. The Hall–Kier alpha value is -5.96. The molecule has 0 unspecified atom stereocenters. The summed E-state index contributed by atoms with van der Waals surface area (Å²) in [5.74, 6) is 0.319. The Morgan fingerprint density at radius 1 is 0.736 bits per heavy atom. The smallest absolute Gasteiger partial charge is 0.308 e. The number of amides is 1. The number of rotatable bonds is 45. The Labute approximate surface area is 513 Å². The number of nitrogens with zero attached hydrogens (tertiary/aromatic N) is 5. The number of anilines is 1. The predicted molar refractivity (Wildman–Crippen MR) is 330 cm³/mol. The number of sulfonamides is 1. The van der Waals surface area contributed by atoms with Crippen LogP contribution in [0, 0.1) is 17.2 Å². The van der Waals surface area contributed by atoms with Gasteiger partial charge in [0.15, 0.2) is 5.96 Å². The molecule has 5 rings (SSSR count). The first-order chi connectivity index (χ1) is 42.2. The largest absolute Gasteiger partial charge is 0.460 e. The van der Waals surface area contributed by atoms with Crippen molar-refractivity contribution in [1.82, 2.24) is 14.5 Å². The minimum Gasteiger partial charge on any atom is -0.460 e. The Morgan fingerprint density at radius 2 is 1.28 bits per heavy atom. The molecule has 87 heavy (non-hydrogen) atoms. The van der Waals surface area contributed by atoms with Crippen LogP contribution in [0.3, 0.4) is 0 Å². The van der Waals surface area contributed by atoms with E-state index >= 15 is 0 Å². The quantitative estimate of drug-likeness (QED) is 0.0245. The third-order valence-corrected chi connectivity index (χ3v) is 14.7. The molecule has 2 heterocycles. The molecule has 24 nitrogen and oxygen atoms in total. The van der Waals surface area contributed by atoms with Gasteiger partial charge in [0.05, 0.1) is 167 Å². The molecule has 1 saturated heterocycles. The van der Waals surface area contributed by atoms with Crippen molar-refractivity contribution in [2.45, 2.75) is 63.9 Å². The lowest BCUT2D eigenvalue weighted by Crippen LogP contribution is -2.51. The highest BCUT2D eigenvalue weighted by Gasteiger charge is 2.36. The standard InChI is InChI=1S/C62H92N8O16S/c1-5-18-69(60(73)54-41-53-14-13-52(43-57(53)68-58(64)44-54)51-10-7-12-56(42-51)87(74,75)70-46-50(47-70)48-71)19-8-16-65-61(67-55-11-6-9-49(40-55)45-63)66-17-21-77-23-25-79-27-29-81-31-33-83-35-37-85-39-38-84-36-34-82-32-30-80-28-26-78-24-22-76-20-15-59(72)86-62(2,3)4/h6-7,9-14,40-43,50,71H,5,8,15-39,44,46-48H2,1-4H3,(H2,64,68)(H2,65,66,67). The molecular formula is C62H92N8O16S. The highest BCUT2D eigenvalue weighted by molar-refractivity contribution is 7.89. The second kappa shape index (κ2) is 41.3. The zero-order valence-corrected chi connectivity index (χ0v) is 52.0. The summed E-state index contributed by atoms with van der Waals surface area (Å²) in [6.45, 7) is 18.3. The van der Waals surface area contributed by atoms with E-state index in [0.717, 1.165) is 17.5 Å². The van der Waals surface area contributed by atoms with Gasteiger partial charge >= 0.3 is 5.97 Å². The van der Waals surface area contributed by atoms with Crippen molar-refractivity contribution >= 4 is 51.1 Å². The average Bonchev–Trinajstić information content (AvgIpc) is 1.98. The van der Waals surface area contributed by atoms with Crippen LogP contribution in [0.1, 0.15) is 64.5 Å². The van der Waals surface area contributed by atoms with E-state index in [9.17, 15) is 28.4 Å². The number of benzene rings is 3. The van der Waals surface area contributed by atoms with Crippen LogP contribution in [0.15, 0.2) is 87.2 Å². The number of nitriles is 1. The maximum atomic E-state index is 14.2. The van der Waals surface area contributed by atoms with Gasteiger partial charge in [-0.1, -0.05) is 37.3 Å². The molecule has 1 amide bonds. The van der Waals surface area contributed by atoms with Gasteiger partial charge in [-0.15, -0.1) is 0 Å². The number of amidine groups is 1. The lowest BCUT2D eigenvalue weighted by molar-refractivity contribution is -0.156. The van der Waals surface area contributed by atoms with Crippen molar-refractivity contribution in [1.29, 1.82) is 5.26 Å². The molecule has 2 aliphatic heterocycles. The molecule has 3 aromatic carbocycles. The van der Waals surface area contributed by atoms with E-state index in [2.05, 4.69) is 21.7 Å². The molecule has 0 aromatic heterocycles. The maximum absolute atomic E-state index is 14.2. The molecule has 0 bridgehead atoms. The third kappa shape index (κ3) is 28.8. The number of guanidine groups is 1. The van der Waals surface area contributed by atoms with Crippen molar-refractivity contribution in [3.63, 3.8) is 0 Å². The number of nitrogens with one attached hydrogen (secondary N) is 2. The van der Waals surface area contributed by atoms with E-state index < -0.39 is 15.6 Å². The van der Waals surface area contributed by atoms with E-state index in [0.29, 0.717) is 199 Å². The fourth-order valence-corrected chi connectivity index (χ4v) is 10.2. The highest BCUT2D eigenvalue weighted by Crippen LogP contribution is 2.34. The van der Waals surface area contributed by atoms with Crippen molar-refractivity contribution in [3.05, 3.63) is 83.4 Å². The molecule has 0 saturated carbocycles.